The Morgan fingerprint density at radius 3 is 2.52 bits per heavy atom. The van der Waals surface area contributed by atoms with E-state index in [0.29, 0.717) is 15.8 Å². The minimum absolute atomic E-state index is 0.259. The maximum atomic E-state index is 13.5. The lowest BCUT2D eigenvalue weighted by Crippen LogP contribution is -2.31. The Morgan fingerprint density at radius 2 is 1.86 bits per heavy atom. The van der Waals surface area contributed by atoms with E-state index in [2.05, 4.69) is 24.0 Å². The molecule has 2 aromatic carbocycles. The van der Waals surface area contributed by atoms with Crippen LogP contribution in [0.3, 0.4) is 0 Å². The van der Waals surface area contributed by atoms with Gasteiger partial charge in [-0.05, 0) is 23.1 Å². The molecule has 0 saturated carbocycles. The van der Waals surface area contributed by atoms with Gasteiger partial charge in [-0.1, -0.05) is 61.5 Å². The van der Waals surface area contributed by atoms with Crippen LogP contribution < -0.4 is 5.56 Å². The number of ether oxygens (including phenoxy) is 1. The summed E-state index contributed by atoms with van der Waals surface area (Å²) in [6.45, 7) is 2.11. The van der Waals surface area contributed by atoms with E-state index in [1.165, 1.54) is 34.9 Å². The maximum absolute atomic E-state index is 13.5. The van der Waals surface area contributed by atoms with E-state index in [-0.39, 0.29) is 5.56 Å². The summed E-state index contributed by atoms with van der Waals surface area (Å²) in [5.41, 5.74) is 3.44. The van der Waals surface area contributed by atoms with Crippen LogP contribution in [-0.2, 0) is 16.0 Å². The number of nitrogens with zero attached hydrogens (tertiary/aromatic N) is 2. The maximum Gasteiger partial charge on any atom is 0.333 e. The van der Waals surface area contributed by atoms with Gasteiger partial charge in [0.15, 0.2) is 6.04 Å². The van der Waals surface area contributed by atoms with Crippen molar-refractivity contribution in [3.05, 3.63) is 87.8 Å². The van der Waals surface area contributed by atoms with E-state index >= 15 is 0 Å². The summed E-state index contributed by atoms with van der Waals surface area (Å²) < 4.78 is 6.35. The van der Waals surface area contributed by atoms with Crippen LogP contribution in [0.2, 0.25) is 0 Å². The largest absolute Gasteiger partial charge is 0.467 e. The molecule has 0 radical (unpaired) electrons. The minimum Gasteiger partial charge on any atom is -0.467 e. The number of benzene rings is 2. The topological polar surface area (TPSA) is 61.2 Å². The van der Waals surface area contributed by atoms with E-state index in [4.69, 9.17) is 4.74 Å². The van der Waals surface area contributed by atoms with Crippen LogP contribution in [0.1, 0.15) is 24.1 Å². The summed E-state index contributed by atoms with van der Waals surface area (Å²) in [6, 6.07) is 16.4. The van der Waals surface area contributed by atoms with Crippen molar-refractivity contribution in [2.45, 2.75) is 19.4 Å². The molecule has 2 heterocycles. The number of carbonyl (C=O) groups excluding carboxylic acids is 1. The summed E-state index contributed by atoms with van der Waals surface area (Å²) in [5, 5.41) is 2.46. The monoisotopic (exact) mass is 404 g/mol. The first-order valence-electron chi connectivity index (χ1n) is 9.34. The molecule has 146 valence electrons. The van der Waals surface area contributed by atoms with E-state index in [9.17, 15) is 9.59 Å². The van der Waals surface area contributed by atoms with Crippen molar-refractivity contribution in [3.8, 4) is 11.1 Å². The van der Waals surface area contributed by atoms with Crippen LogP contribution >= 0.6 is 11.3 Å². The second-order valence-corrected chi connectivity index (χ2v) is 7.53. The smallest absolute Gasteiger partial charge is 0.333 e. The number of aryl methyl sites for hydroxylation is 1. The summed E-state index contributed by atoms with van der Waals surface area (Å²) in [4.78, 5) is 31.1. The van der Waals surface area contributed by atoms with E-state index in [1.54, 1.807) is 12.1 Å². The molecule has 4 aromatic rings. The number of aromatic nitrogens is 2. The number of hydrogen-bond acceptors (Lipinski definition) is 5. The summed E-state index contributed by atoms with van der Waals surface area (Å²) in [7, 11) is 1.32. The first-order chi connectivity index (χ1) is 14.1. The van der Waals surface area contributed by atoms with Gasteiger partial charge in [-0.15, -0.1) is 11.3 Å². The molecule has 0 bridgehead atoms. The third-order valence-corrected chi connectivity index (χ3v) is 5.90. The van der Waals surface area contributed by atoms with E-state index < -0.39 is 12.0 Å². The number of thiophene rings is 1. The highest BCUT2D eigenvalue weighted by Gasteiger charge is 2.26. The second-order valence-electron chi connectivity index (χ2n) is 6.67. The molecule has 0 aliphatic heterocycles. The van der Waals surface area contributed by atoms with Gasteiger partial charge in [0.2, 0.25) is 0 Å². The Morgan fingerprint density at radius 1 is 1.14 bits per heavy atom. The van der Waals surface area contributed by atoms with Crippen molar-refractivity contribution in [1.82, 2.24) is 9.55 Å². The standard InChI is InChI=1S/C23H20N2O3S/c1-3-15-9-11-16(12-10-15)18-13-29-21-19(18)22(26)25(14-24-21)20(23(27)28-2)17-7-5-4-6-8-17/h4-14,20H,3H2,1-2H3. The van der Waals surface area contributed by atoms with Gasteiger partial charge >= 0.3 is 5.97 Å². The van der Waals surface area contributed by atoms with E-state index in [1.807, 2.05) is 35.7 Å². The van der Waals surface area contributed by atoms with Crippen LogP contribution in [0.15, 0.2) is 71.1 Å². The molecule has 0 aliphatic carbocycles. The Hall–Kier alpha value is -3.25. The summed E-state index contributed by atoms with van der Waals surface area (Å²) >= 11 is 1.42. The fourth-order valence-corrected chi connectivity index (χ4v) is 4.33. The van der Waals surface area contributed by atoms with Crippen molar-refractivity contribution in [3.63, 3.8) is 0 Å². The quantitative estimate of drug-likeness (QED) is 0.461. The van der Waals surface area contributed by atoms with Crippen molar-refractivity contribution in [1.29, 1.82) is 0 Å². The van der Waals surface area contributed by atoms with E-state index in [0.717, 1.165) is 17.5 Å². The lowest BCUT2D eigenvalue weighted by atomic mass is 10.0. The second kappa shape index (κ2) is 8.01. The molecule has 1 atom stereocenters. The van der Waals surface area contributed by atoms with Crippen molar-refractivity contribution in [2.24, 2.45) is 0 Å². The average molecular weight is 404 g/mol. The SMILES string of the molecule is CCc1ccc(-c2csc3ncn(C(C(=O)OC)c4ccccc4)c(=O)c23)cc1. The van der Waals surface area contributed by atoms with Crippen LogP contribution in [0.5, 0.6) is 0 Å². The van der Waals surface area contributed by atoms with Crippen LogP contribution in [-0.4, -0.2) is 22.6 Å². The average Bonchev–Trinajstić information content (AvgIpc) is 3.21. The molecule has 4 rings (SSSR count). The van der Waals surface area contributed by atoms with Gasteiger partial charge in [0.25, 0.3) is 5.56 Å². The number of esters is 1. The molecule has 0 aliphatic rings. The summed E-state index contributed by atoms with van der Waals surface area (Å²) in [6.07, 6.45) is 2.39. The van der Waals surface area contributed by atoms with Crippen LogP contribution in [0.25, 0.3) is 21.3 Å². The lowest BCUT2D eigenvalue weighted by Gasteiger charge is -2.17. The van der Waals surface area contributed by atoms with Crippen molar-refractivity contribution >= 4 is 27.5 Å². The zero-order chi connectivity index (χ0) is 20.4. The molecule has 2 aromatic heterocycles. The molecule has 0 saturated heterocycles. The molecule has 0 N–H and O–H groups in total. The fraction of sp³-hybridized carbons (Fsp3) is 0.174. The Bertz CT molecular complexity index is 1210. The number of rotatable bonds is 5. The number of fused-ring (bicyclic) bond motifs is 1. The highest BCUT2D eigenvalue weighted by atomic mass is 32.1. The van der Waals surface area contributed by atoms with Gasteiger partial charge in [-0.3, -0.25) is 9.36 Å². The predicted octanol–water partition coefficient (Wildman–Crippen LogP) is 4.45. The Balaban J connectivity index is 1.91. The van der Waals surface area contributed by atoms with Gasteiger partial charge < -0.3 is 4.74 Å². The van der Waals surface area contributed by atoms with Gasteiger partial charge in [-0.2, -0.15) is 0 Å². The number of hydrogen-bond donors (Lipinski definition) is 0. The normalized spacial score (nSPS) is 12.1. The van der Waals surface area contributed by atoms with Crippen molar-refractivity contribution < 1.29 is 9.53 Å². The molecule has 6 heteroatoms. The van der Waals surface area contributed by atoms with Crippen LogP contribution in [0.4, 0.5) is 0 Å². The van der Waals surface area contributed by atoms with Crippen LogP contribution in [0, 0.1) is 0 Å². The molecule has 0 spiro atoms. The minimum atomic E-state index is -0.888. The molecular weight excluding hydrogens is 384 g/mol. The zero-order valence-electron chi connectivity index (χ0n) is 16.2. The Labute approximate surface area is 172 Å². The molecule has 29 heavy (non-hydrogen) atoms. The molecule has 0 amide bonds. The van der Waals surface area contributed by atoms with Gasteiger partial charge in [0.05, 0.1) is 12.5 Å². The molecule has 5 nitrogen and oxygen atoms in total. The molecular formula is C23H20N2O3S. The first kappa shape index (κ1) is 19.1. The first-order valence-corrected chi connectivity index (χ1v) is 10.2. The molecule has 1 unspecified atom stereocenters. The van der Waals surface area contributed by atoms with Gasteiger partial charge in [0, 0.05) is 10.9 Å². The highest BCUT2D eigenvalue weighted by Crippen LogP contribution is 2.31. The number of carbonyl (C=O) groups is 1. The van der Waals surface area contributed by atoms with Gasteiger partial charge in [0.1, 0.15) is 11.2 Å². The van der Waals surface area contributed by atoms with Gasteiger partial charge in [-0.25, -0.2) is 9.78 Å². The number of methoxy groups -OCH3 is 1. The molecule has 0 fully saturated rings. The Kier molecular flexibility index (Phi) is 5.27. The fourth-order valence-electron chi connectivity index (χ4n) is 3.42. The third-order valence-electron chi connectivity index (χ3n) is 5.01. The van der Waals surface area contributed by atoms with Crippen molar-refractivity contribution in [2.75, 3.05) is 7.11 Å². The lowest BCUT2D eigenvalue weighted by molar-refractivity contribution is -0.143. The third kappa shape index (κ3) is 3.47. The zero-order valence-corrected chi connectivity index (χ0v) is 17.0. The summed E-state index contributed by atoms with van der Waals surface area (Å²) in [5.74, 6) is -0.511. The predicted molar refractivity (Wildman–Crippen MR) is 115 cm³/mol. The highest BCUT2D eigenvalue weighted by molar-refractivity contribution is 7.17.